The van der Waals surface area contributed by atoms with Crippen molar-refractivity contribution in [1.29, 1.82) is 0 Å². The van der Waals surface area contributed by atoms with Gasteiger partial charge < -0.3 is 14.1 Å². The largest absolute Gasteiger partial charge is 0.457 e. The molecule has 0 unspecified atom stereocenters. The highest BCUT2D eigenvalue weighted by Gasteiger charge is 2.51. The van der Waals surface area contributed by atoms with Crippen LogP contribution in [0.15, 0.2) is 192 Å². The second kappa shape index (κ2) is 11.1. The number of rotatable bonds is 4. The van der Waals surface area contributed by atoms with E-state index in [9.17, 15) is 0 Å². The van der Waals surface area contributed by atoms with Crippen molar-refractivity contribution in [2.24, 2.45) is 0 Å². The van der Waals surface area contributed by atoms with Gasteiger partial charge in [0.25, 0.3) is 0 Å². The number of benzene rings is 8. The summed E-state index contributed by atoms with van der Waals surface area (Å²) in [4.78, 5) is 2.36. The van der Waals surface area contributed by atoms with Gasteiger partial charge >= 0.3 is 0 Å². The van der Waals surface area contributed by atoms with Gasteiger partial charge in [0.1, 0.15) is 22.7 Å². The summed E-state index contributed by atoms with van der Waals surface area (Å²) < 4.78 is 13.0. The minimum atomic E-state index is -0.557. The SMILES string of the molecule is c1ccc(-c2ccc(N(c3ccc4c(c3)C3(c5ccccc5Oc5ccccc53)c3ccccc3-4)c3ccc4c(c3)oc3ccccc34)cc2)cc1. The molecule has 3 heteroatoms. The van der Waals surface area contributed by atoms with Gasteiger partial charge in [0.05, 0.1) is 5.41 Å². The summed E-state index contributed by atoms with van der Waals surface area (Å²) in [5.41, 5.74) is 14.0. The lowest BCUT2D eigenvalue weighted by atomic mass is 9.66. The molecule has 11 rings (SSSR count). The molecule has 0 atom stereocenters. The molecule has 3 nitrogen and oxygen atoms in total. The summed E-state index contributed by atoms with van der Waals surface area (Å²) in [6.07, 6.45) is 0. The molecule has 1 aromatic heterocycles. The molecule has 0 radical (unpaired) electrons. The maximum Gasteiger partial charge on any atom is 0.137 e. The fourth-order valence-electron chi connectivity index (χ4n) is 8.72. The van der Waals surface area contributed by atoms with Crippen LogP contribution in [0, 0.1) is 0 Å². The van der Waals surface area contributed by atoms with Gasteiger partial charge in [-0.1, -0.05) is 127 Å². The summed E-state index contributed by atoms with van der Waals surface area (Å²) in [6.45, 7) is 0. The van der Waals surface area contributed by atoms with Gasteiger partial charge in [-0.05, 0) is 88.0 Å². The van der Waals surface area contributed by atoms with Crippen molar-refractivity contribution in [3.05, 3.63) is 210 Å². The molecule has 1 spiro atoms. The minimum absolute atomic E-state index is 0.557. The van der Waals surface area contributed by atoms with Crippen molar-refractivity contribution in [1.82, 2.24) is 0 Å². The van der Waals surface area contributed by atoms with Crippen molar-refractivity contribution in [3.63, 3.8) is 0 Å². The number of hydrogen-bond acceptors (Lipinski definition) is 3. The zero-order valence-electron chi connectivity index (χ0n) is 28.2. The van der Waals surface area contributed by atoms with E-state index in [4.69, 9.17) is 9.15 Å². The summed E-state index contributed by atoms with van der Waals surface area (Å²) in [7, 11) is 0. The van der Waals surface area contributed by atoms with E-state index in [0.29, 0.717) is 0 Å². The number of ether oxygens (including phenoxy) is 1. The molecule has 0 amide bonds. The Morgan fingerprint density at radius 3 is 1.71 bits per heavy atom. The molecular weight excluding hydrogens is 635 g/mol. The Balaban J connectivity index is 1.16. The number of nitrogens with zero attached hydrogens (tertiary/aromatic N) is 1. The van der Waals surface area contributed by atoms with Gasteiger partial charge in [-0.25, -0.2) is 0 Å². The average Bonchev–Trinajstić information content (AvgIpc) is 3.72. The van der Waals surface area contributed by atoms with Crippen molar-refractivity contribution in [2.75, 3.05) is 4.90 Å². The van der Waals surface area contributed by atoms with Crippen LogP contribution >= 0.6 is 0 Å². The Kier molecular flexibility index (Phi) is 6.17. The van der Waals surface area contributed by atoms with Crippen LogP contribution in [0.4, 0.5) is 17.1 Å². The fourth-order valence-corrected chi connectivity index (χ4v) is 8.72. The molecule has 0 bridgehead atoms. The van der Waals surface area contributed by atoms with Crippen LogP contribution in [0.25, 0.3) is 44.2 Å². The van der Waals surface area contributed by atoms with Gasteiger partial charge in [0, 0.05) is 45.0 Å². The minimum Gasteiger partial charge on any atom is -0.457 e. The van der Waals surface area contributed by atoms with E-state index < -0.39 is 5.41 Å². The Hall–Kier alpha value is -6.84. The number of fused-ring (bicyclic) bond motifs is 12. The standard InChI is InChI=1S/C49H31NO2/c1-2-12-32(13-3-1)33-22-24-34(25-23-33)50(36-27-29-40-39-15-5-9-19-45(39)51-48(40)31-36)35-26-28-38-37-14-4-6-16-41(37)49(44(38)30-35)42-17-7-10-20-46(42)52-47-21-11-8-18-43(47)49/h1-31H. The van der Waals surface area contributed by atoms with Gasteiger partial charge in [0.2, 0.25) is 0 Å². The van der Waals surface area contributed by atoms with E-state index in [1.807, 2.05) is 12.1 Å². The molecule has 9 aromatic rings. The summed E-state index contributed by atoms with van der Waals surface area (Å²) >= 11 is 0. The quantitative estimate of drug-likeness (QED) is 0.187. The zero-order valence-corrected chi connectivity index (χ0v) is 28.2. The van der Waals surface area contributed by atoms with Gasteiger partial charge in [-0.3, -0.25) is 0 Å². The van der Waals surface area contributed by atoms with Crippen molar-refractivity contribution < 1.29 is 9.15 Å². The van der Waals surface area contributed by atoms with E-state index in [1.165, 1.54) is 33.4 Å². The second-order valence-corrected chi connectivity index (χ2v) is 13.6. The Bertz CT molecular complexity index is 2790. The molecule has 0 N–H and O–H groups in total. The molecular formula is C49H31NO2. The lowest BCUT2D eigenvalue weighted by Gasteiger charge is -2.39. The molecule has 1 aliphatic carbocycles. The lowest BCUT2D eigenvalue weighted by molar-refractivity contribution is 0.436. The molecule has 2 heterocycles. The summed E-state index contributed by atoms with van der Waals surface area (Å²) in [6, 6.07) is 67.2. The lowest BCUT2D eigenvalue weighted by Crippen LogP contribution is -2.32. The first-order valence-electron chi connectivity index (χ1n) is 17.8. The Morgan fingerprint density at radius 1 is 0.365 bits per heavy atom. The highest BCUT2D eigenvalue weighted by atomic mass is 16.5. The first-order valence-corrected chi connectivity index (χ1v) is 17.8. The number of anilines is 3. The topological polar surface area (TPSA) is 25.6 Å². The van der Waals surface area contributed by atoms with E-state index in [0.717, 1.165) is 61.6 Å². The van der Waals surface area contributed by atoms with Crippen LogP contribution in [0.3, 0.4) is 0 Å². The molecule has 8 aromatic carbocycles. The van der Waals surface area contributed by atoms with Crippen LogP contribution in [0.1, 0.15) is 22.3 Å². The Labute approximate surface area is 301 Å². The fraction of sp³-hybridized carbons (Fsp3) is 0.0204. The molecule has 244 valence electrons. The summed E-state index contributed by atoms with van der Waals surface area (Å²) in [5.74, 6) is 1.77. The predicted octanol–water partition coefficient (Wildman–Crippen LogP) is 13.2. The number of para-hydroxylation sites is 3. The maximum atomic E-state index is 6.60. The van der Waals surface area contributed by atoms with Gasteiger partial charge in [0.15, 0.2) is 0 Å². The molecule has 2 aliphatic rings. The van der Waals surface area contributed by atoms with E-state index >= 15 is 0 Å². The van der Waals surface area contributed by atoms with Crippen LogP contribution in [-0.2, 0) is 5.41 Å². The van der Waals surface area contributed by atoms with E-state index in [2.05, 4.69) is 181 Å². The van der Waals surface area contributed by atoms with Gasteiger partial charge in [-0.2, -0.15) is 0 Å². The van der Waals surface area contributed by atoms with Crippen molar-refractivity contribution in [2.45, 2.75) is 5.41 Å². The molecule has 0 fully saturated rings. The van der Waals surface area contributed by atoms with Gasteiger partial charge in [-0.15, -0.1) is 0 Å². The average molecular weight is 666 g/mol. The Morgan fingerprint density at radius 2 is 0.923 bits per heavy atom. The summed E-state index contributed by atoms with van der Waals surface area (Å²) in [5, 5.41) is 2.23. The maximum absolute atomic E-state index is 6.60. The monoisotopic (exact) mass is 665 g/mol. The van der Waals surface area contributed by atoms with E-state index in [1.54, 1.807) is 0 Å². The first-order chi connectivity index (χ1) is 25.8. The molecule has 1 aliphatic heterocycles. The highest BCUT2D eigenvalue weighted by Crippen LogP contribution is 2.62. The molecule has 52 heavy (non-hydrogen) atoms. The smallest absolute Gasteiger partial charge is 0.137 e. The second-order valence-electron chi connectivity index (χ2n) is 13.6. The first kappa shape index (κ1) is 28.9. The molecule has 0 saturated carbocycles. The van der Waals surface area contributed by atoms with E-state index in [-0.39, 0.29) is 0 Å². The van der Waals surface area contributed by atoms with Crippen LogP contribution < -0.4 is 9.64 Å². The third-order valence-electron chi connectivity index (χ3n) is 10.9. The highest BCUT2D eigenvalue weighted by molar-refractivity contribution is 6.06. The zero-order chi connectivity index (χ0) is 34.2. The van der Waals surface area contributed by atoms with Crippen LogP contribution in [-0.4, -0.2) is 0 Å². The number of furan rings is 1. The predicted molar refractivity (Wildman–Crippen MR) is 211 cm³/mol. The third kappa shape index (κ3) is 4.08. The van der Waals surface area contributed by atoms with Crippen LogP contribution in [0.2, 0.25) is 0 Å². The van der Waals surface area contributed by atoms with Crippen molar-refractivity contribution >= 4 is 39.0 Å². The van der Waals surface area contributed by atoms with Crippen LogP contribution in [0.5, 0.6) is 11.5 Å². The third-order valence-corrected chi connectivity index (χ3v) is 10.9. The van der Waals surface area contributed by atoms with Crippen molar-refractivity contribution in [3.8, 4) is 33.8 Å². The normalized spacial score (nSPS) is 13.3. The molecule has 0 saturated heterocycles. The number of hydrogen-bond donors (Lipinski definition) is 0.